The lowest BCUT2D eigenvalue weighted by atomic mass is 10.2. The minimum absolute atomic E-state index is 0.112. The summed E-state index contributed by atoms with van der Waals surface area (Å²) < 4.78 is 0. The van der Waals surface area contributed by atoms with Gasteiger partial charge < -0.3 is 9.88 Å². The van der Waals surface area contributed by atoms with Crippen LogP contribution in [0.1, 0.15) is 19.2 Å². The van der Waals surface area contributed by atoms with Crippen LogP contribution in [0.5, 0.6) is 0 Å². The van der Waals surface area contributed by atoms with Crippen LogP contribution >= 0.6 is 11.6 Å². The number of amides is 1. The van der Waals surface area contributed by atoms with E-state index < -0.39 is 0 Å². The fourth-order valence-electron chi connectivity index (χ4n) is 2.89. The number of nitrogens with zero attached hydrogens (tertiary/aromatic N) is 3. The van der Waals surface area contributed by atoms with E-state index in [0.717, 1.165) is 26.1 Å². The molecule has 0 atom stereocenters. The molecule has 122 valence electrons. The van der Waals surface area contributed by atoms with Gasteiger partial charge in [-0.15, -0.1) is 0 Å². The normalized spacial score (nSPS) is 16.5. The van der Waals surface area contributed by atoms with Crippen molar-refractivity contribution >= 4 is 28.4 Å². The van der Waals surface area contributed by atoms with Crippen LogP contribution in [-0.4, -0.2) is 51.9 Å². The molecule has 1 aromatic carbocycles. The highest BCUT2D eigenvalue weighted by Crippen LogP contribution is 2.15. The predicted molar refractivity (Wildman–Crippen MR) is 89.5 cm³/mol. The van der Waals surface area contributed by atoms with Crippen molar-refractivity contribution in [3.05, 3.63) is 39.4 Å². The number of hydrogen-bond acceptors (Lipinski definition) is 4. The number of carbonyl (C=O) groups is 1. The number of aromatic nitrogens is 2. The number of benzene rings is 1. The highest BCUT2D eigenvalue weighted by Gasteiger charge is 2.17. The molecule has 0 bridgehead atoms. The summed E-state index contributed by atoms with van der Waals surface area (Å²) in [7, 11) is 0. The predicted octanol–water partition coefficient (Wildman–Crippen LogP) is 1.63. The van der Waals surface area contributed by atoms with Crippen molar-refractivity contribution in [2.45, 2.75) is 19.9 Å². The third-order valence-electron chi connectivity index (χ3n) is 4.12. The Labute approximate surface area is 139 Å². The molecule has 0 radical (unpaired) electrons. The summed E-state index contributed by atoms with van der Waals surface area (Å²) in [5.41, 5.74) is 0.473. The first-order valence-corrected chi connectivity index (χ1v) is 8.07. The molecule has 1 aliphatic heterocycles. The van der Waals surface area contributed by atoms with Crippen molar-refractivity contribution in [3.63, 3.8) is 0 Å². The highest BCUT2D eigenvalue weighted by molar-refractivity contribution is 6.31. The molecule has 1 aromatic heterocycles. The molecule has 1 N–H and O–H groups in total. The second-order valence-corrected chi connectivity index (χ2v) is 6.25. The number of nitrogens with one attached hydrogen (secondary N) is 1. The summed E-state index contributed by atoms with van der Waals surface area (Å²) in [6, 6.07) is 5.12. The average Bonchev–Trinajstić information content (AvgIpc) is 2.74. The van der Waals surface area contributed by atoms with E-state index in [4.69, 9.17) is 11.6 Å². The zero-order chi connectivity index (χ0) is 16.4. The Morgan fingerprint density at radius 1 is 1.30 bits per heavy atom. The summed E-state index contributed by atoms with van der Waals surface area (Å²) in [5.74, 6) is 0.752. The van der Waals surface area contributed by atoms with Gasteiger partial charge in [-0.3, -0.25) is 14.5 Å². The van der Waals surface area contributed by atoms with Crippen molar-refractivity contribution in [1.82, 2.24) is 19.8 Å². The molecule has 7 heteroatoms. The first kappa shape index (κ1) is 16.0. The van der Waals surface area contributed by atoms with Crippen molar-refractivity contribution in [2.75, 3.05) is 26.2 Å². The largest absolute Gasteiger partial charge is 0.342 e. The minimum Gasteiger partial charge on any atom is -0.342 e. The number of carbonyl (C=O) groups excluding carboxylic acids is 1. The van der Waals surface area contributed by atoms with Gasteiger partial charge in [0.25, 0.3) is 5.56 Å². The molecule has 2 aromatic rings. The first-order chi connectivity index (χ1) is 11.0. The van der Waals surface area contributed by atoms with E-state index in [0.29, 0.717) is 34.8 Å². The second-order valence-electron chi connectivity index (χ2n) is 5.81. The third-order valence-corrected chi connectivity index (χ3v) is 4.36. The Morgan fingerprint density at radius 3 is 2.91 bits per heavy atom. The smallest absolute Gasteiger partial charge is 0.258 e. The van der Waals surface area contributed by atoms with Gasteiger partial charge in [-0.05, 0) is 24.6 Å². The van der Waals surface area contributed by atoms with Gasteiger partial charge in [0.15, 0.2) is 0 Å². The van der Waals surface area contributed by atoms with Crippen LogP contribution in [0.3, 0.4) is 0 Å². The van der Waals surface area contributed by atoms with Crippen LogP contribution in [0.15, 0.2) is 23.0 Å². The summed E-state index contributed by atoms with van der Waals surface area (Å²) in [6.07, 6.45) is 0.924. The van der Waals surface area contributed by atoms with Gasteiger partial charge in [-0.1, -0.05) is 11.6 Å². The lowest BCUT2D eigenvalue weighted by Crippen LogP contribution is -2.33. The zero-order valence-electron chi connectivity index (χ0n) is 13.0. The fraction of sp³-hybridized carbons (Fsp3) is 0.438. The van der Waals surface area contributed by atoms with Crippen molar-refractivity contribution in [1.29, 1.82) is 0 Å². The van der Waals surface area contributed by atoms with Crippen LogP contribution in [0.25, 0.3) is 10.9 Å². The van der Waals surface area contributed by atoms with Crippen molar-refractivity contribution in [3.8, 4) is 0 Å². The topological polar surface area (TPSA) is 69.3 Å². The molecule has 1 amide bonds. The van der Waals surface area contributed by atoms with Gasteiger partial charge in [0, 0.05) is 38.1 Å². The summed E-state index contributed by atoms with van der Waals surface area (Å²) in [4.78, 5) is 35.1. The van der Waals surface area contributed by atoms with Crippen LogP contribution in [0.2, 0.25) is 5.02 Å². The van der Waals surface area contributed by atoms with E-state index >= 15 is 0 Å². The van der Waals surface area contributed by atoms with Gasteiger partial charge in [0.1, 0.15) is 5.82 Å². The quantitative estimate of drug-likeness (QED) is 0.906. The van der Waals surface area contributed by atoms with Crippen LogP contribution in [0.4, 0.5) is 0 Å². The number of rotatable bonds is 2. The number of fused-ring (bicyclic) bond motifs is 1. The maximum atomic E-state index is 12.2. The molecule has 1 aliphatic rings. The molecule has 0 aliphatic carbocycles. The molecule has 3 rings (SSSR count). The Kier molecular flexibility index (Phi) is 4.63. The Hall–Kier alpha value is -1.92. The van der Waals surface area contributed by atoms with Gasteiger partial charge in [0.05, 0.1) is 17.4 Å². The van der Waals surface area contributed by atoms with E-state index in [1.165, 1.54) is 0 Å². The molecule has 0 saturated carbocycles. The highest BCUT2D eigenvalue weighted by atomic mass is 35.5. The van der Waals surface area contributed by atoms with E-state index in [9.17, 15) is 9.59 Å². The van der Waals surface area contributed by atoms with Gasteiger partial charge >= 0.3 is 0 Å². The minimum atomic E-state index is -0.173. The number of H-pyrrole nitrogens is 1. The first-order valence-electron chi connectivity index (χ1n) is 7.69. The van der Waals surface area contributed by atoms with Gasteiger partial charge in [0.2, 0.25) is 5.91 Å². The Bertz CT molecular complexity index is 789. The summed E-state index contributed by atoms with van der Waals surface area (Å²) >= 11 is 5.92. The molecular formula is C16H19ClN4O2. The number of aromatic amines is 1. The molecule has 1 saturated heterocycles. The Balaban J connectivity index is 1.78. The van der Waals surface area contributed by atoms with Crippen LogP contribution < -0.4 is 5.56 Å². The maximum absolute atomic E-state index is 12.2. The molecule has 2 heterocycles. The average molecular weight is 335 g/mol. The Morgan fingerprint density at radius 2 is 2.13 bits per heavy atom. The zero-order valence-corrected chi connectivity index (χ0v) is 13.8. The molecule has 0 spiro atoms. The fourth-order valence-corrected chi connectivity index (χ4v) is 3.06. The second kappa shape index (κ2) is 6.68. The molecule has 0 unspecified atom stereocenters. The SMILES string of the molecule is CC(=O)N1CCCN(Cc2nc3ccc(Cl)cc3c(=O)[nH]2)CC1. The lowest BCUT2D eigenvalue weighted by Gasteiger charge is -2.20. The third kappa shape index (κ3) is 3.71. The van der Waals surface area contributed by atoms with Crippen molar-refractivity contribution < 1.29 is 4.79 Å². The van der Waals surface area contributed by atoms with E-state index in [1.54, 1.807) is 25.1 Å². The van der Waals surface area contributed by atoms with Crippen LogP contribution in [-0.2, 0) is 11.3 Å². The molecular weight excluding hydrogens is 316 g/mol. The van der Waals surface area contributed by atoms with E-state index in [2.05, 4.69) is 14.9 Å². The van der Waals surface area contributed by atoms with E-state index in [-0.39, 0.29) is 11.5 Å². The van der Waals surface area contributed by atoms with Gasteiger partial charge in [-0.25, -0.2) is 4.98 Å². The monoisotopic (exact) mass is 334 g/mol. The van der Waals surface area contributed by atoms with E-state index in [1.807, 2.05) is 4.90 Å². The van der Waals surface area contributed by atoms with Crippen LogP contribution in [0, 0.1) is 0 Å². The standard InChI is InChI=1S/C16H19ClN4O2/c1-11(22)21-6-2-5-20(7-8-21)10-15-18-14-4-3-12(17)9-13(14)16(23)19-15/h3-4,9H,2,5-8,10H2,1H3,(H,18,19,23). The van der Waals surface area contributed by atoms with Gasteiger partial charge in [-0.2, -0.15) is 0 Å². The maximum Gasteiger partial charge on any atom is 0.258 e. The van der Waals surface area contributed by atoms with Crippen molar-refractivity contribution in [2.24, 2.45) is 0 Å². The summed E-state index contributed by atoms with van der Waals surface area (Å²) in [5, 5.41) is 1.02. The summed E-state index contributed by atoms with van der Waals surface area (Å²) in [6.45, 7) is 5.32. The number of halogens is 1. The molecule has 6 nitrogen and oxygen atoms in total. The number of hydrogen-bond donors (Lipinski definition) is 1. The lowest BCUT2D eigenvalue weighted by molar-refractivity contribution is -0.128. The molecule has 1 fully saturated rings. The molecule has 23 heavy (non-hydrogen) atoms.